The SMILES string of the molecule is CSCC[C@H](NC(=O)c1ccc(C(C)(C)C)cc1)C(=O)O. The van der Waals surface area contributed by atoms with Crippen LogP contribution in [0.25, 0.3) is 0 Å². The number of thioether (sulfide) groups is 1. The zero-order chi connectivity index (χ0) is 16.0. The summed E-state index contributed by atoms with van der Waals surface area (Å²) < 4.78 is 0. The largest absolute Gasteiger partial charge is 0.480 e. The van der Waals surface area contributed by atoms with E-state index in [1.54, 1.807) is 23.9 Å². The molecule has 0 aliphatic carbocycles. The van der Waals surface area contributed by atoms with Crippen LogP contribution in [-0.4, -0.2) is 35.0 Å². The molecule has 0 aromatic heterocycles. The van der Waals surface area contributed by atoms with Crippen molar-refractivity contribution in [2.45, 2.75) is 38.6 Å². The van der Waals surface area contributed by atoms with Crippen LogP contribution in [0.4, 0.5) is 0 Å². The average Bonchev–Trinajstić information content (AvgIpc) is 2.42. The molecule has 2 N–H and O–H groups in total. The minimum Gasteiger partial charge on any atom is -0.480 e. The van der Waals surface area contributed by atoms with Crippen LogP contribution in [0.15, 0.2) is 24.3 Å². The number of carboxylic acid groups (broad SMARTS) is 1. The molecule has 5 heteroatoms. The number of carbonyl (C=O) groups excluding carboxylic acids is 1. The van der Waals surface area contributed by atoms with Crippen molar-refractivity contribution in [3.05, 3.63) is 35.4 Å². The smallest absolute Gasteiger partial charge is 0.326 e. The van der Waals surface area contributed by atoms with Gasteiger partial charge < -0.3 is 10.4 Å². The van der Waals surface area contributed by atoms with Crippen molar-refractivity contribution in [2.24, 2.45) is 0 Å². The van der Waals surface area contributed by atoms with Crippen molar-refractivity contribution < 1.29 is 14.7 Å². The van der Waals surface area contributed by atoms with E-state index >= 15 is 0 Å². The second-order valence-corrected chi connectivity index (χ2v) is 6.96. The fraction of sp³-hybridized carbons (Fsp3) is 0.500. The van der Waals surface area contributed by atoms with Gasteiger partial charge in [-0.15, -0.1) is 0 Å². The molecule has 0 aliphatic rings. The Hall–Kier alpha value is -1.49. The molecule has 4 nitrogen and oxygen atoms in total. The fourth-order valence-electron chi connectivity index (χ4n) is 1.86. The molecule has 0 fully saturated rings. The van der Waals surface area contributed by atoms with Gasteiger partial charge in [-0.1, -0.05) is 32.9 Å². The van der Waals surface area contributed by atoms with Crippen LogP contribution in [0.5, 0.6) is 0 Å². The molecule has 116 valence electrons. The molecule has 1 rings (SSSR count). The topological polar surface area (TPSA) is 66.4 Å². The summed E-state index contributed by atoms with van der Waals surface area (Å²) >= 11 is 1.56. The molecule has 0 saturated heterocycles. The molecular formula is C16H23NO3S. The van der Waals surface area contributed by atoms with E-state index < -0.39 is 12.0 Å². The van der Waals surface area contributed by atoms with Gasteiger partial charge in [0.05, 0.1) is 0 Å². The van der Waals surface area contributed by atoms with Crippen LogP contribution < -0.4 is 5.32 Å². The monoisotopic (exact) mass is 309 g/mol. The molecule has 0 spiro atoms. The predicted octanol–water partition coefficient (Wildman–Crippen LogP) is 2.92. The van der Waals surface area contributed by atoms with Gasteiger partial charge in [-0.2, -0.15) is 11.8 Å². The molecule has 1 aromatic carbocycles. The van der Waals surface area contributed by atoms with E-state index in [1.165, 1.54) is 0 Å². The summed E-state index contributed by atoms with van der Waals surface area (Å²) in [4.78, 5) is 23.2. The van der Waals surface area contributed by atoms with Crippen molar-refractivity contribution in [3.63, 3.8) is 0 Å². The fourth-order valence-corrected chi connectivity index (χ4v) is 2.33. The second-order valence-electron chi connectivity index (χ2n) is 5.97. The lowest BCUT2D eigenvalue weighted by Gasteiger charge is -2.19. The van der Waals surface area contributed by atoms with E-state index in [1.807, 2.05) is 18.4 Å². The van der Waals surface area contributed by atoms with Gasteiger partial charge in [-0.3, -0.25) is 4.79 Å². The summed E-state index contributed by atoms with van der Waals surface area (Å²) in [5, 5.41) is 11.7. The number of carbonyl (C=O) groups is 2. The minimum atomic E-state index is -0.997. The van der Waals surface area contributed by atoms with E-state index in [0.29, 0.717) is 17.7 Å². The highest BCUT2D eigenvalue weighted by Gasteiger charge is 2.20. The third-order valence-electron chi connectivity index (χ3n) is 3.23. The van der Waals surface area contributed by atoms with Gasteiger partial charge in [0.2, 0.25) is 0 Å². The van der Waals surface area contributed by atoms with E-state index in [4.69, 9.17) is 5.11 Å². The first-order chi connectivity index (χ1) is 9.75. The van der Waals surface area contributed by atoms with Crippen molar-refractivity contribution in [2.75, 3.05) is 12.0 Å². The molecular weight excluding hydrogens is 286 g/mol. The Bertz CT molecular complexity index is 491. The molecule has 21 heavy (non-hydrogen) atoms. The highest BCUT2D eigenvalue weighted by molar-refractivity contribution is 7.98. The van der Waals surface area contributed by atoms with Gasteiger partial charge in [-0.05, 0) is 41.5 Å². The number of hydrogen-bond donors (Lipinski definition) is 2. The predicted molar refractivity (Wildman–Crippen MR) is 87.0 cm³/mol. The molecule has 0 heterocycles. The Morgan fingerprint density at radius 1 is 1.24 bits per heavy atom. The lowest BCUT2D eigenvalue weighted by atomic mass is 9.86. The van der Waals surface area contributed by atoms with E-state index in [9.17, 15) is 9.59 Å². The number of aliphatic carboxylic acids is 1. The van der Waals surface area contributed by atoms with Gasteiger partial charge in [0.1, 0.15) is 6.04 Å². The van der Waals surface area contributed by atoms with Crippen LogP contribution in [0.2, 0.25) is 0 Å². The summed E-state index contributed by atoms with van der Waals surface area (Å²) in [6, 6.07) is 6.46. The van der Waals surface area contributed by atoms with Gasteiger partial charge in [0.25, 0.3) is 5.91 Å². The van der Waals surface area contributed by atoms with Crippen LogP contribution in [0.1, 0.15) is 43.1 Å². The quantitative estimate of drug-likeness (QED) is 0.848. The van der Waals surface area contributed by atoms with Crippen molar-refractivity contribution >= 4 is 23.6 Å². The maximum atomic E-state index is 12.1. The van der Waals surface area contributed by atoms with Crippen LogP contribution in [-0.2, 0) is 10.2 Å². The van der Waals surface area contributed by atoms with Crippen LogP contribution in [0, 0.1) is 0 Å². The van der Waals surface area contributed by atoms with Gasteiger partial charge in [0.15, 0.2) is 0 Å². The van der Waals surface area contributed by atoms with Crippen molar-refractivity contribution in [3.8, 4) is 0 Å². The third-order valence-corrected chi connectivity index (χ3v) is 3.87. The van der Waals surface area contributed by atoms with E-state index in [2.05, 4.69) is 26.1 Å². The number of amides is 1. The molecule has 0 saturated carbocycles. The summed E-state index contributed by atoms with van der Waals surface area (Å²) in [6.07, 6.45) is 2.33. The first kappa shape index (κ1) is 17.6. The second kappa shape index (κ2) is 7.50. The Morgan fingerprint density at radius 2 is 1.81 bits per heavy atom. The van der Waals surface area contributed by atoms with Gasteiger partial charge in [0, 0.05) is 5.56 Å². The number of hydrogen-bond acceptors (Lipinski definition) is 3. The maximum Gasteiger partial charge on any atom is 0.326 e. The Morgan fingerprint density at radius 3 is 2.24 bits per heavy atom. The molecule has 0 unspecified atom stereocenters. The van der Waals surface area contributed by atoms with E-state index in [0.717, 1.165) is 5.56 Å². The zero-order valence-electron chi connectivity index (χ0n) is 13.0. The normalized spacial score (nSPS) is 12.8. The standard InChI is InChI=1S/C16H23NO3S/c1-16(2,3)12-7-5-11(6-8-12)14(18)17-13(15(19)20)9-10-21-4/h5-8,13H,9-10H2,1-4H3,(H,17,18)(H,19,20)/t13-/m0/s1. The van der Waals surface area contributed by atoms with Crippen molar-refractivity contribution in [1.29, 1.82) is 0 Å². The Balaban J connectivity index is 2.76. The summed E-state index contributed by atoms with van der Waals surface area (Å²) in [5.74, 6) is -0.645. The van der Waals surface area contributed by atoms with Gasteiger partial charge >= 0.3 is 5.97 Å². The molecule has 1 aromatic rings. The van der Waals surface area contributed by atoms with Crippen molar-refractivity contribution in [1.82, 2.24) is 5.32 Å². The van der Waals surface area contributed by atoms with Crippen LogP contribution >= 0.6 is 11.8 Å². The lowest BCUT2D eigenvalue weighted by Crippen LogP contribution is -2.41. The molecule has 1 atom stereocenters. The Labute approximate surface area is 130 Å². The number of rotatable bonds is 6. The van der Waals surface area contributed by atoms with Gasteiger partial charge in [-0.25, -0.2) is 4.79 Å². The molecule has 1 amide bonds. The lowest BCUT2D eigenvalue weighted by molar-refractivity contribution is -0.139. The summed E-state index contributed by atoms with van der Waals surface area (Å²) in [7, 11) is 0. The van der Waals surface area contributed by atoms with Crippen LogP contribution in [0.3, 0.4) is 0 Å². The maximum absolute atomic E-state index is 12.1. The van der Waals surface area contributed by atoms with E-state index in [-0.39, 0.29) is 11.3 Å². The number of benzene rings is 1. The molecule has 0 aliphatic heterocycles. The Kier molecular flexibility index (Phi) is 6.27. The number of carboxylic acids is 1. The first-order valence-corrected chi connectivity index (χ1v) is 8.28. The zero-order valence-corrected chi connectivity index (χ0v) is 13.8. The molecule has 0 bridgehead atoms. The third kappa shape index (κ3) is 5.42. The minimum absolute atomic E-state index is 0.0248. The summed E-state index contributed by atoms with van der Waals surface area (Å²) in [5.41, 5.74) is 1.64. The average molecular weight is 309 g/mol. The highest BCUT2D eigenvalue weighted by Crippen LogP contribution is 2.22. The first-order valence-electron chi connectivity index (χ1n) is 6.89. The summed E-state index contributed by atoms with van der Waals surface area (Å²) in [6.45, 7) is 6.31. The number of nitrogens with one attached hydrogen (secondary N) is 1. The molecule has 0 radical (unpaired) electrons. The highest BCUT2D eigenvalue weighted by atomic mass is 32.2.